The SMILES string of the molecule is COc1cc(Cl)c(C)cc1NC(=O)CSc1cc(C)c(C#N)c2nc3ccccc3n12. The number of rotatable bonds is 5. The lowest BCUT2D eigenvalue weighted by atomic mass is 10.2. The van der Waals surface area contributed by atoms with Crippen molar-refractivity contribution in [2.75, 3.05) is 18.2 Å². The zero-order chi connectivity index (χ0) is 22.1. The zero-order valence-corrected chi connectivity index (χ0v) is 18.8. The summed E-state index contributed by atoms with van der Waals surface area (Å²) < 4.78 is 7.27. The zero-order valence-electron chi connectivity index (χ0n) is 17.2. The normalized spacial score (nSPS) is 10.9. The summed E-state index contributed by atoms with van der Waals surface area (Å²) in [5.74, 6) is 0.508. The van der Waals surface area contributed by atoms with E-state index in [-0.39, 0.29) is 11.7 Å². The highest BCUT2D eigenvalue weighted by atomic mass is 35.5. The van der Waals surface area contributed by atoms with E-state index in [4.69, 9.17) is 16.3 Å². The Labute approximate surface area is 188 Å². The Morgan fingerprint density at radius 2 is 2.03 bits per heavy atom. The molecule has 4 aromatic rings. The molecule has 8 heteroatoms. The lowest BCUT2D eigenvalue weighted by Gasteiger charge is -2.13. The molecule has 0 saturated heterocycles. The average molecular weight is 451 g/mol. The minimum absolute atomic E-state index is 0.176. The molecule has 4 rings (SSSR count). The number of carbonyl (C=O) groups is 1. The number of amides is 1. The van der Waals surface area contributed by atoms with Gasteiger partial charge in [-0.05, 0) is 49.2 Å². The van der Waals surface area contributed by atoms with Crippen LogP contribution < -0.4 is 10.1 Å². The van der Waals surface area contributed by atoms with Crippen LogP contribution in [0.25, 0.3) is 16.7 Å². The van der Waals surface area contributed by atoms with E-state index in [9.17, 15) is 10.1 Å². The quantitative estimate of drug-likeness (QED) is 0.413. The Bertz CT molecular complexity index is 1370. The Kier molecular flexibility index (Phi) is 5.77. The fourth-order valence-electron chi connectivity index (χ4n) is 3.42. The van der Waals surface area contributed by atoms with E-state index >= 15 is 0 Å². The summed E-state index contributed by atoms with van der Waals surface area (Å²) in [4.78, 5) is 17.3. The molecule has 0 atom stereocenters. The first-order chi connectivity index (χ1) is 14.9. The number of para-hydroxylation sites is 2. The molecule has 1 amide bonds. The van der Waals surface area contributed by atoms with Gasteiger partial charge in [-0.15, -0.1) is 0 Å². The number of anilines is 1. The van der Waals surface area contributed by atoms with Crippen LogP contribution >= 0.6 is 23.4 Å². The van der Waals surface area contributed by atoms with E-state index in [1.807, 2.05) is 48.6 Å². The van der Waals surface area contributed by atoms with Crippen LogP contribution in [0.3, 0.4) is 0 Å². The van der Waals surface area contributed by atoms with E-state index in [1.54, 1.807) is 12.1 Å². The number of nitrogens with one attached hydrogen (secondary N) is 1. The number of halogens is 1. The molecule has 2 aromatic heterocycles. The van der Waals surface area contributed by atoms with Gasteiger partial charge in [0.25, 0.3) is 0 Å². The van der Waals surface area contributed by atoms with Crippen molar-refractivity contribution >= 4 is 51.6 Å². The summed E-state index contributed by atoms with van der Waals surface area (Å²) in [5.41, 5.74) is 5.07. The molecule has 2 heterocycles. The van der Waals surface area contributed by atoms with Crippen molar-refractivity contribution < 1.29 is 9.53 Å². The summed E-state index contributed by atoms with van der Waals surface area (Å²) in [6, 6.07) is 15.4. The van der Waals surface area contributed by atoms with Gasteiger partial charge in [-0.3, -0.25) is 9.20 Å². The van der Waals surface area contributed by atoms with Crippen molar-refractivity contribution in [2.24, 2.45) is 0 Å². The number of fused-ring (bicyclic) bond motifs is 3. The van der Waals surface area contributed by atoms with Crippen molar-refractivity contribution in [1.82, 2.24) is 9.38 Å². The van der Waals surface area contributed by atoms with Crippen molar-refractivity contribution in [2.45, 2.75) is 18.9 Å². The number of nitrogens with zero attached hydrogens (tertiary/aromatic N) is 3. The van der Waals surface area contributed by atoms with Gasteiger partial charge in [-0.2, -0.15) is 5.26 Å². The molecule has 1 N–H and O–H groups in total. The molecule has 6 nitrogen and oxygen atoms in total. The second-order valence-corrected chi connectivity index (χ2v) is 8.45. The highest BCUT2D eigenvalue weighted by Gasteiger charge is 2.17. The fraction of sp³-hybridized carbons (Fsp3) is 0.174. The maximum Gasteiger partial charge on any atom is 0.234 e. The van der Waals surface area contributed by atoms with Crippen LogP contribution in [0.1, 0.15) is 16.7 Å². The first kappa shape index (κ1) is 21.0. The van der Waals surface area contributed by atoms with E-state index in [0.29, 0.717) is 27.7 Å². The summed E-state index contributed by atoms with van der Waals surface area (Å²) in [5, 5.41) is 13.9. The summed E-state index contributed by atoms with van der Waals surface area (Å²) in [6.07, 6.45) is 0. The molecular formula is C23H19ClN4O2S. The molecule has 0 radical (unpaired) electrons. The van der Waals surface area contributed by atoms with E-state index in [0.717, 1.165) is 27.2 Å². The van der Waals surface area contributed by atoms with Gasteiger partial charge < -0.3 is 10.1 Å². The third-order valence-electron chi connectivity index (χ3n) is 4.96. The van der Waals surface area contributed by atoms with Gasteiger partial charge in [-0.25, -0.2) is 4.98 Å². The third-order valence-corrected chi connectivity index (χ3v) is 6.37. The number of aromatic nitrogens is 2. The van der Waals surface area contributed by atoms with Gasteiger partial charge in [0.05, 0.1) is 40.2 Å². The predicted molar refractivity (Wildman–Crippen MR) is 124 cm³/mol. The number of thioether (sulfide) groups is 1. The van der Waals surface area contributed by atoms with E-state index < -0.39 is 0 Å². The van der Waals surface area contributed by atoms with Crippen LogP contribution in [0, 0.1) is 25.2 Å². The second-order valence-electron chi connectivity index (χ2n) is 7.05. The molecule has 0 fully saturated rings. The molecule has 2 aromatic carbocycles. The highest BCUT2D eigenvalue weighted by Crippen LogP contribution is 2.32. The van der Waals surface area contributed by atoms with Crippen molar-refractivity contribution in [3.05, 3.63) is 64.2 Å². The molecule has 0 aliphatic carbocycles. The lowest BCUT2D eigenvalue weighted by Crippen LogP contribution is -2.15. The van der Waals surface area contributed by atoms with Gasteiger partial charge in [0.15, 0.2) is 5.65 Å². The molecule has 0 aliphatic heterocycles. The third kappa shape index (κ3) is 3.92. The van der Waals surface area contributed by atoms with Gasteiger partial charge in [0.2, 0.25) is 5.91 Å². The predicted octanol–water partition coefficient (Wildman–Crippen LogP) is 5.37. The number of hydrogen-bond acceptors (Lipinski definition) is 5. The molecule has 0 aliphatic rings. The van der Waals surface area contributed by atoms with Crippen LogP contribution in [-0.4, -0.2) is 28.2 Å². The van der Waals surface area contributed by atoms with Gasteiger partial charge in [-0.1, -0.05) is 35.5 Å². The van der Waals surface area contributed by atoms with Crippen LogP contribution in [0.15, 0.2) is 47.5 Å². The molecule has 156 valence electrons. The number of carbonyl (C=O) groups excluding carboxylic acids is 1. The van der Waals surface area contributed by atoms with Gasteiger partial charge in [0, 0.05) is 11.1 Å². The molecule has 31 heavy (non-hydrogen) atoms. The summed E-state index contributed by atoms with van der Waals surface area (Å²) in [6.45, 7) is 3.75. The Hall–Kier alpha value is -3.21. The highest BCUT2D eigenvalue weighted by molar-refractivity contribution is 7.99. The number of hydrogen-bond donors (Lipinski definition) is 1. The molecular weight excluding hydrogens is 432 g/mol. The standard InChI is InChI=1S/C23H19ClN4O2S/c1-13-9-22(28-19-7-5-4-6-17(19)27-23(28)15(13)11-25)31-12-21(29)26-18-8-14(2)16(24)10-20(18)30-3/h4-10H,12H2,1-3H3,(H,26,29). The monoisotopic (exact) mass is 450 g/mol. The maximum atomic E-state index is 12.7. The average Bonchev–Trinajstić information content (AvgIpc) is 3.14. The largest absolute Gasteiger partial charge is 0.495 e. The minimum Gasteiger partial charge on any atom is -0.495 e. The molecule has 0 spiro atoms. The first-order valence-electron chi connectivity index (χ1n) is 9.50. The van der Waals surface area contributed by atoms with Crippen molar-refractivity contribution in [1.29, 1.82) is 5.26 Å². The number of aryl methyl sites for hydroxylation is 2. The molecule has 0 saturated carbocycles. The van der Waals surface area contributed by atoms with E-state index in [2.05, 4.69) is 16.4 Å². The summed E-state index contributed by atoms with van der Waals surface area (Å²) in [7, 11) is 1.53. The molecule has 0 unspecified atom stereocenters. The van der Waals surface area contributed by atoms with Crippen LogP contribution in [0.5, 0.6) is 5.75 Å². The van der Waals surface area contributed by atoms with Crippen LogP contribution in [0.4, 0.5) is 5.69 Å². The number of nitriles is 1. The smallest absolute Gasteiger partial charge is 0.234 e. The Morgan fingerprint density at radius 1 is 1.26 bits per heavy atom. The second kappa shape index (κ2) is 8.50. The topological polar surface area (TPSA) is 79.4 Å². The van der Waals surface area contributed by atoms with Gasteiger partial charge in [0.1, 0.15) is 11.8 Å². The first-order valence-corrected chi connectivity index (χ1v) is 10.9. The number of imidazole rings is 1. The van der Waals surface area contributed by atoms with Crippen LogP contribution in [0.2, 0.25) is 5.02 Å². The molecule has 0 bridgehead atoms. The lowest BCUT2D eigenvalue weighted by molar-refractivity contribution is -0.113. The Morgan fingerprint density at radius 3 is 2.77 bits per heavy atom. The minimum atomic E-state index is -0.176. The maximum absolute atomic E-state index is 12.7. The van der Waals surface area contributed by atoms with Crippen LogP contribution in [-0.2, 0) is 4.79 Å². The number of methoxy groups -OCH3 is 1. The Balaban J connectivity index is 1.65. The van der Waals surface area contributed by atoms with Crippen molar-refractivity contribution in [3.8, 4) is 11.8 Å². The fourth-order valence-corrected chi connectivity index (χ4v) is 4.49. The summed E-state index contributed by atoms with van der Waals surface area (Å²) >= 11 is 7.53. The number of ether oxygens (including phenoxy) is 1. The van der Waals surface area contributed by atoms with E-state index in [1.165, 1.54) is 18.9 Å². The van der Waals surface area contributed by atoms with Crippen molar-refractivity contribution in [3.63, 3.8) is 0 Å². The number of benzene rings is 2. The number of pyridine rings is 1. The van der Waals surface area contributed by atoms with Gasteiger partial charge >= 0.3 is 0 Å².